The van der Waals surface area contributed by atoms with E-state index in [1.807, 2.05) is 0 Å². The largest absolute Gasteiger partial charge is 0.300 e. The van der Waals surface area contributed by atoms with Crippen LogP contribution in [0.4, 0.5) is 0 Å². The van der Waals surface area contributed by atoms with Gasteiger partial charge in [-0.2, -0.15) is 0 Å². The van der Waals surface area contributed by atoms with E-state index in [1.165, 1.54) is 51.6 Å². The van der Waals surface area contributed by atoms with E-state index in [-0.39, 0.29) is 0 Å². The molecule has 0 aromatic heterocycles. The second-order valence-electron chi connectivity index (χ2n) is 5.77. The standard InChI is InChI=1S/C14H29N/c1-5-9-14(4,10-6-2)12-15-11-7-8-13(15)3/h13H,5-12H2,1-4H3. The first-order chi connectivity index (χ1) is 7.11. The van der Waals surface area contributed by atoms with Crippen molar-refractivity contribution in [1.29, 1.82) is 0 Å². The topological polar surface area (TPSA) is 3.24 Å². The van der Waals surface area contributed by atoms with Gasteiger partial charge in [-0.05, 0) is 44.6 Å². The third-order valence-electron chi connectivity index (χ3n) is 3.98. The van der Waals surface area contributed by atoms with Gasteiger partial charge in [0, 0.05) is 12.6 Å². The molecule has 0 spiro atoms. The lowest BCUT2D eigenvalue weighted by molar-refractivity contribution is 0.137. The predicted molar refractivity (Wildman–Crippen MR) is 68.2 cm³/mol. The van der Waals surface area contributed by atoms with Crippen LogP contribution in [-0.4, -0.2) is 24.0 Å². The van der Waals surface area contributed by atoms with Gasteiger partial charge in [0.05, 0.1) is 0 Å². The molecule has 0 N–H and O–H groups in total. The van der Waals surface area contributed by atoms with E-state index < -0.39 is 0 Å². The van der Waals surface area contributed by atoms with Gasteiger partial charge in [-0.15, -0.1) is 0 Å². The van der Waals surface area contributed by atoms with Crippen LogP contribution < -0.4 is 0 Å². The Morgan fingerprint density at radius 1 is 1.20 bits per heavy atom. The predicted octanol–water partition coefficient (Wildman–Crippen LogP) is 4.08. The number of likely N-dealkylation sites (tertiary alicyclic amines) is 1. The third kappa shape index (κ3) is 3.79. The molecule has 15 heavy (non-hydrogen) atoms. The van der Waals surface area contributed by atoms with E-state index in [2.05, 4.69) is 32.6 Å². The van der Waals surface area contributed by atoms with Gasteiger partial charge in [0.15, 0.2) is 0 Å². The highest BCUT2D eigenvalue weighted by Crippen LogP contribution is 2.32. The van der Waals surface area contributed by atoms with E-state index in [1.54, 1.807) is 0 Å². The van der Waals surface area contributed by atoms with E-state index in [9.17, 15) is 0 Å². The zero-order valence-corrected chi connectivity index (χ0v) is 11.2. The van der Waals surface area contributed by atoms with Crippen molar-refractivity contribution in [3.05, 3.63) is 0 Å². The minimum absolute atomic E-state index is 0.572. The van der Waals surface area contributed by atoms with Crippen molar-refractivity contribution in [2.75, 3.05) is 13.1 Å². The first-order valence-electron chi connectivity index (χ1n) is 6.85. The monoisotopic (exact) mass is 211 g/mol. The SMILES string of the molecule is CCCC(C)(CCC)CN1CCCC1C. The Balaban J connectivity index is 2.49. The van der Waals surface area contributed by atoms with E-state index in [4.69, 9.17) is 0 Å². The molecular formula is C14H29N. The molecule has 0 saturated carbocycles. The molecule has 1 saturated heterocycles. The smallest absolute Gasteiger partial charge is 0.00676 e. The molecule has 0 radical (unpaired) electrons. The Labute approximate surface area is 96.2 Å². The average Bonchev–Trinajstić information content (AvgIpc) is 2.52. The summed E-state index contributed by atoms with van der Waals surface area (Å²) in [7, 11) is 0. The van der Waals surface area contributed by atoms with Crippen LogP contribution in [0.15, 0.2) is 0 Å². The van der Waals surface area contributed by atoms with Crippen molar-refractivity contribution in [3.8, 4) is 0 Å². The highest BCUT2D eigenvalue weighted by Gasteiger charge is 2.29. The second kappa shape index (κ2) is 5.89. The normalized spacial score (nSPS) is 23.6. The van der Waals surface area contributed by atoms with Gasteiger partial charge in [0.1, 0.15) is 0 Å². The Morgan fingerprint density at radius 2 is 1.80 bits per heavy atom. The Kier molecular flexibility index (Phi) is 5.11. The quantitative estimate of drug-likeness (QED) is 0.640. The van der Waals surface area contributed by atoms with Gasteiger partial charge in [0.25, 0.3) is 0 Å². The van der Waals surface area contributed by atoms with Gasteiger partial charge >= 0.3 is 0 Å². The summed E-state index contributed by atoms with van der Waals surface area (Å²) in [5, 5.41) is 0. The van der Waals surface area contributed by atoms with Crippen molar-refractivity contribution >= 4 is 0 Å². The summed E-state index contributed by atoms with van der Waals surface area (Å²) in [4.78, 5) is 2.71. The number of nitrogens with zero attached hydrogens (tertiary/aromatic N) is 1. The molecule has 1 aliphatic rings. The lowest BCUT2D eigenvalue weighted by atomic mass is 9.80. The van der Waals surface area contributed by atoms with Gasteiger partial charge < -0.3 is 4.90 Å². The van der Waals surface area contributed by atoms with Crippen molar-refractivity contribution < 1.29 is 0 Å². The fourth-order valence-electron chi connectivity index (χ4n) is 3.21. The molecule has 0 aliphatic carbocycles. The molecule has 90 valence electrons. The molecule has 0 bridgehead atoms. The van der Waals surface area contributed by atoms with Crippen LogP contribution in [0.2, 0.25) is 0 Å². The van der Waals surface area contributed by atoms with Crippen molar-refractivity contribution in [1.82, 2.24) is 4.90 Å². The van der Waals surface area contributed by atoms with Crippen LogP contribution >= 0.6 is 0 Å². The van der Waals surface area contributed by atoms with Gasteiger partial charge in [-0.25, -0.2) is 0 Å². The van der Waals surface area contributed by atoms with Gasteiger partial charge in [0.2, 0.25) is 0 Å². The van der Waals surface area contributed by atoms with Crippen LogP contribution in [0.25, 0.3) is 0 Å². The molecule has 0 amide bonds. The van der Waals surface area contributed by atoms with Crippen molar-refractivity contribution in [2.45, 2.75) is 72.3 Å². The maximum atomic E-state index is 2.71. The number of hydrogen-bond acceptors (Lipinski definition) is 1. The Bertz CT molecular complexity index is 170. The first kappa shape index (κ1) is 13.0. The lowest BCUT2D eigenvalue weighted by Gasteiger charge is -2.35. The van der Waals surface area contributed by atoms with E-state index in [0.717, 1.165) is 6.04 Å². The highest BCUT2D eigenvalue weighted by molar-refractivity contribution is 4.83. The molecule has 1 atom stereocenters. The van der Waals surface area contributed by atoms with Gasteiger partial charge in [-0.1, -0.05) is 33.6 Å². The fourth-order valence-corrected chi connectivity index (χ4v) is 3.21. The van der Waals surface area contributed by atoms with Crippen LogP contribution in [0.5, 0.6) is 0 Å². The number of hydrogen-bond donors (Lipinski definition) is 0. The van der Waals surface area contributed by atoms with Crippen LogP contribution in [0.1, 0.15) is 66.2 Å². The lowest BCUT2D eigenvalue weighted by Crippen LogP contribution is -2.37. The Morgan fingerprint density at radius 3 is 2.20 bits per heavy atom. The summed E-state index contributed by atoms with van der Waals surface area (Å²) in [6.07, 6.45) is 8.27. The molecule has 0 aromatic carbocycles. The summed E-state index contributed by atoms with van der Waals surface area (Å²) in [6, 6.07) is 0.832. The first-order valence-corrected chi connectivity index (χ1v) is 6.85. The molecular weight excluding hydrogens is 182 g/mol. The number of rotatable bonds is 6. The van der Waals surface area contributed by atoms with Crippen molar-refractivity contribution in [2.24, 2.45) is 5.41 Å². The summed E-state index contributed by atoms with van der Waals surface area (Å²) in [6.45, 7) is 12.2. The summed E-state index contributed by atoms with van der Waals surface area (Å²) < 4.78 is 0. The zero-order valence-electron chi connectivity index (χ0n) is 11.2. The molecule has 1 aliphatic heterocycles. The molecule has 1 rings (SSSR count). The molecule has 1 unspecified atom stereocenters. The summed E-state index contributed by atoms with van der Waals surface area (Å²) in [5.74, 6) is 0. The summed E-state index contributed by atoms with van der Waals surface area (Å²) in [5.41, 5.74) is 0.572. The molecule has 1 heterocycles. The fraction of sp³-hybridized carbons (Fsp3) is 1.00. The summed E-state index contributed by atoms with van der Waals surface area (Å²) >= 11 is 0. The highest BCUT2D eigenvalue weighted by atomic mass is 15.2. The maximum Gasteiger partial charge on any atom is 0.00676 e. The van der Waals surface area contributed by atoms with Crippen LogP contribution in [-0.2, 0) is 0 Å². The van der Waals surface area contributed by atoms with E-state index >= 15 is 0 Å². The van der Waals surface area contributed by atoms with E-state index in [0.29, 0.717) is 5.41 Å². The minimum atomic E-state index is 0.572. The minimum Gasteiger partial charge on any atom is -0.300 e. The average molecular weight is 211 g/mol. The van der Waals surface area contributed by atoms with Crippen LogP contribution in [0.3, 0.4) is 0 Å². The van der Waals surface area contributed by atoms with Gasteiger partial charge in [-0.3, -0.25) is 0 Å². The molecule has 1 fully saturated rings. The van der Waals surface area contributed by atoms with Crippen molar-refractivity contribution in [3.63, 3.8) is 0 Å². The second-order valence-corrected chi connectivity index (χ2v) is 5.77. The third-order valence-corrected chi connectivity index (χ3v) is 3.98. The van der Waals surface area contributed by atoms with Crippen LogP contribution in [0, 0.1) is 5.41 Å². The molecule has 1 nitrogen and oxygen atoms in total. The zero-order chi connectivity index (χ0) is 11.3. The Hall–Kier alpha value is -0.0400. The maximum absolute atomic E-state index is 2.71. The molecule has 1 heteroatoms. The molecule has 0 aromatic rings.